The summed E-state index contributed by atoms with van der Waals surface area (Å²) in [5.41, 5.74) is 6.91. The quantitative estimate of drug-likeness (QED) is 0.777. The molecule has 1 aliphatic rings. The predicted molar refractivity (Wildman–Crippen MR) is 95.7 cm³/mol. The third kappa shape index (κ3) is 4.98. The Morgan fingerprint density at radius 3 is 2.65 bits per heavy atom. The fourth-order valence-corrected chi connectivity index (χ4v) is 3.22. The molecule has 0 aliphatic heterocycles. The zero-order chi connectivity index (χ0) is 15.9. The molecule has 0 spiro atoms. The number of methoxy groups -OCH3 is 1. The summed E-state index contributed by atoms with van der Waals surface area (Å²) >= 11 is 0. The van der Waals surface area contributed by atoms with Gasteiger partial charge in [0.15, 0.2) is 0 Å². The highest BCUT2D eigenvalue weighted by Crippen LogP contribution is 2.32. The zero-order valence-electron chi connectivity index (χ0n) is 13.7. The molecule has 1 aliphatic carbocycles. The summed E-state index contributed by atoms with van der Waals surface area (Å²) in [6, 6.07) is 7.84. The van der Waals surface area contributed by atoms with Gasteiger partial charge in [-0.2, -0.15) is 0 Å². The average Bonchev–Trinajstić information content (AvgIpc) is 3.03. The van der Waals surface area contributed by atoms with E-state index in [1.807, 2.05) is 29.2 Å². The standard InChI is InChI=1S/C18H26N2O2.ClH/c1-3-11-20(13-14-7-9-16(22-2)10-8-14)18(21)17-6-4-5-15(17)12-19;/h3,7-10,15,17H,1,4-6,11-13,19H2,2H3;1H/t15-,17-;/m1./s1. The predicted octanol–water partition coefficient (Wildman–Crippen LogP) is 3.01. The molecular formula is C18H27ClN2O2. The van der Waals surface area contributed by atoms with E-state index in [0.717, 1.165) is 30.6 Å². The smallest absolute Gasteiger partial charge is 0.226 e. The highest BCUT2D eigenvalue weighted by Gasteiger charge is 2.34. The van der Waals surface area contributed by atoms with Crippen LogP contribution in [0.3, 0.4) is 0 Å². The fourth-order valence-electron chi connectivity index (χ4n) is 3.22. The Hall–Kier alpha value is -1.52. The number of halogens is 1. The largest absolute Gasteiger partial charge is 0.497 e. The fraction of sp³-hybridized carbons (Fsp3) is 0.500. The summed E-state index contributed by atoms with van der Waals surface area (Å²) in [5.74, 6) is 1.44. The molecule has 5 heteroatoms. The highest BCUT2D eigenvalue weighted by molar-refractivity contribution is 5.85. The van der Waals surface area contributed by atoms with Crippen molar-refractivity contribution in [2.45, 2.75) is 25.8 Å². The third-order valence-electron chi connectivity index (χ3n) is 4.47. The Bertz CT molecular complexity index is 504. The summed E-state index contributed by atoms with van der Waals surface area (Å²) < 4.78 is 5.17. The second kappa shape index (κ2) is 9.58. The number of rotatable bonds is 7. The van der Waals surface area contributed by atoms with E-state index in [9.17, 15) is 4.79 Å². The second-order valence-electron chi connectivity index (χ2n) is 5.89. The first-order valence-corrected chi connectivity index (χ1v) is 7.92. The summed E-state index contributed by atoms with van der Waals surface area (Å²) in [5, 5.41) is 0. The van der Waals surface area contributed by atoms with Crippen molar-refractivity contribution in [2.24, 2.45) is 17.6 Å². The Morgan fingerprint density at radius 2 is 2.09 bits per heavy atom. The Labute approximate surface area is 145 Å². The number of hydrogen-bond donors (Lipinski definition) is 1. The molecule has 2 N–H and O–H groups in total. The number of nitrogens with two attached hydrogens (primary N) is 1. The maximum Gasteiger partial charge on any atom is 0.226 e. The van der Waals surface area contributed by atoms with Crippen LogP contribution in [-0.2, 0) is 11.3 Å². The Morgan fingerprint density at radius 1 is 1.39 bits per heavy atom. The van der Waals surface area contributed by atoms with Gasteiger partial charge < -0.3 is 15.4 Å². The molecule has 2 rings (SSSR count). The monoisotopic (exact) mass is 338 g/mol. The van der Waals surface area contributed by atoms with Crippen LogP contribution in [-0.4, -0.2) is 31.0 Å². The molecule has 1 saturated carbocycles. The van der Waals surface area contributed by atoms with Crippen molar-refractivity contribution < 1.29 is 9.53 Å². The molecule has 4 nitrogen and oxygen atoms in total. The molecule has 23 heavy (non-hydrogen) atoms. The lowest BCUT2D eigenvalue weighted by molar-refractivity contribution is -0.136. The molecule has 1 fully saturated rings. The summed E-state index contributed by atoms with van der Waals surface area (Å²) in [6.07, 6.45) is 4.91. The normalized spacial score (nSPS) is 19.7. The first kappa shape index (κ1) is 19.5. The van der Waals surface area contributed by atoms with E-state index in [2.05, 4.69) is 6.58 Å². The van der Waals surface area contributed by atoms with Crippen LogP contribution in [0.5, 0.6) is 5.75 Å². The van der Waals surface area contributed by atoms with Gasteiger partial charge in [0.25, 0.3) is 0 Å². The number of amides is 1. The molecular weight excluding hydrogens is 312 g/mol. The van der Waals surface area contributed by atoms with Crippen LogP contribution in [0.25, 0.3) is 0 Å². The van der Waals surface area contributed by atoms with E-state index in [-0.39, 0.29) is 24.2 Å². The molecule has 0 saturated heterocycles. The Kier molecular flexibility index (Phi) is 8.13. The van der Waals surface area contributed by atoms with Gasteiger partial charge in [0.2, 0.25) is 5.91 Å². The molecule has 0 heterocycles. The van der Waals surface area contributed by atoms with Crippen molar-refractivity contribution in [3.05, 3.63) is 42.5 Å². The van der Waals surface area contributed by atoms with Crippen molar-refractivity contribution in [1.29, 1.82) is 0 Å². The lowest BCUT2D eigenvalue weighted by Crippen LogP contribution is -2.38. The molecule has 128 valence electrons. The molecule has 0 radical (unpaired) electrons. The van der Waals surface area contributed by atoms with Crippen molar-refractivity contribution in [3.8, 4) is 5.75 Å². The van der Waals surface area contributed by atoms with Gasteiger partial charge in [0, 0.05) is 19.0 Å². The van der Waals surface area contributed by atoms with E-state index in [4.69, 9.17) is 10.5 Å². The van der Waals surface area contributed by atoms with Crippen LogP contribution < -0.4 is 10.5 Å². The lowest BCUT2D eigenvalue weighted by Gasteiger charge is -2.27. The van der Waals surface area contributed by atoms with Gasteiger partial charge in [-0.1, -0.05) is 24.6 Å². The van der Waals surface area contributed by atoms with Crippen LogP contribution >= 0.6 is 12.4 Å². The molecule has 1 aromatic carbocycles. The molecule has 1 aromatic rings. The number of benzene rings is 1. The van der Waals surface area contributed by atoms with Gasteiger partial charge in [-0.25, -0.2) is 0 Å². The van der Waals surface area contributed by atoms with Crippen molar-refractivity contribution in [2.75, 3.05) is 20.2 Å². The number of ether oxygens (including phenoxy) is 1. The van der Waals surface area contributed by atoms with Crippen LogP contribution in [0.2, 0.25) is 0 Å². The molecule has 2 atom stereocenters. The van der Waals surface area contributed by atoms with E-state index in [1.165, 1.54) is 0 Å². The highest BCUT2D eigenvalue weighted by atomic mass is 35.5. The number of nitrogens with zero attached hydrogens (tertiary/aromatic N) is 1. The first-order valence-electron chi connectivity index (χ1n) is 7.92. The average molecular weight is 339 g/mol. The zero-order valence-corrected chi connectivity index (χ0v) is 14.6. The topological polar surface area (TPSA) is 55.6 Å². The lowest BCUT2D eigenvalue weighted by atomic mass is 9.94. The van der Waals surface area contributed by atoms with E-state index in [0.29, 0.717) is 25.6 Å². The van der Waals surface area contributed by atoms with Crippen molar-refractivity contribution >= 4 is 18.3 Å². The summed E-state index contributed by atoms with van der Waals surface area (Å²) in [4.78, 5) is 14.7. The minimum Gasteiger partial charge on any atom is -0.497 e. The molecule has 0 aromatic heterocycles. The van der Waals surface area contributed by atoms with Gasteiger partial charge in [-0.3, -0.25) is 4.79 Å². The van der Waals surface area contributed by atoms with Gasteiger partial charge in [0.1, 0.15) is 5.75 Å². The Balaban J connectivity index is 0.00000264. The van der Waals surface area contributed by atoms with Gasteiger partial charge in [0.05, 0.1) is 7.11 Å². The number of carbonyl (C=O) groups excluding carboxylic acids is 1. The van der Waals surface area contributed by atoms with E-state index >= 15 is 0 Å². The third-order valence-corrected chi connectivity index (χ3v) is 4.47. The molecule has 0 bridgehead atoms. The van der Waals surface area contributed by atoms with E-state index < -0.39 is 0 Å². The second-order valence-corrected chi connectivity index (χ2v) is 5.89. The van der Waals surface area contributed by atoms with Crippen molar-refractivity contribution in [3.63, 3.8) is 0 Å². The molecule has 1 amide bonds. The van der Waals surface area contributed by atoms with Crippen LogP contribution in [0.1, 0.15) is 24.8 Å². The number of carbonyl (C=O) groups is 1. The van der Waals surface area contributed by atoms with Crippen LogP contribution in [0.15, 0.2) is 36.9 Å². The van der Waals surface area contributed by atoms with Gasteiger partial charge in [-0.15, -0.1) is 19.0 Å². The van der Waals surface area contributed by atoms with E-state index in [1.54, 1.807) is 13.2 Å². The first-order chi connectivity index (χ1) is 10.7. The molecule has 0 unspecified atom stereocenters. The van der Waals surface area contributed by atoms with Gasteiger partial charge >= 0.3 is 0 Å². The minimum absolute atomic E-state index is 0. The summed E-state index contributed by atoms with van der Waals surface area (Å²) in [6.45, 7) is 5.55. The maximum absolute atomic E-state index is 12.8. The van der Waals surface area contributed by atoms with Crippen LogP contribution in [0, 0.1) is 11.8 Å². The SMILES string of the molecule is C=CCN(Cc1ccc(OC)cc1)C(=O)[C@@H]1CCC[C@@H]1CN.Cl. The summed E-state index contributed by atoms with van der Waals surface area (Å²) in [7, 11) is 1.65. The van der Waals surface area contributed by atoms with Crippen LogP contribution in [0.4, 0.5) is 0 Å². The van der Waals surface area contributed by atoms with Crippen molar-refractivity contribution in [1.82, 2.24) is 4.90 Å². The number of hydrogen-bond acceptors (Lipinski definition) is 3. The van der Waals surface area contributed by atoms with Gasteiger partial charge in [-0.05, 0) is 43.0 Å². The maximum atomic E-state index is 12.8. The minimum atomic E-state index is 0.